The Labute approximate surface area is 91.3 Å². The van der Waals surface area contributed by atoms with Crippen molar-refractivity contribution in [3.63, 3.8) is 0 Å². The van der Waals surface area contributed by atoms with Crippen molar-refractivity contribution in [1.29, 1.82) is 0 Å². The van der Waals surface area contributed by atoms with Crippen LogP contribution in [0.25, 0.3) is 0 Å². The Morgan fingerprint density at radius 3 is 2.87 bits per heavy atom. The molecule has 1 aromatic rings. The van der Waals surface area contributed by atoms with E-state index in [0.717, 1.165) is 12.8 Å². The lowest BCUT2D eigenvalue weighted by atomic mass is 10.1. The lowest BCUT2D eigenvalue weighted by molar-refractivity contribution is 0.0764. The standard InChI is InChI=1S/C13H19NO/c1-13(2,15)9-14-12-8-7-10-5-3-4-6-11(10)12/h3-6,12,14-15H,7-9H2,1-2H3/t12-/m0/s1. The number of rotatable bonds is 3. The Bertz CT molecular complexity index is 341. The summed E-state index contributed by atoms with van der Waals surface area (Å²) in [5.74, 6) is 0. The first-order valence-electron chi connectivity index (χ1n) is 5.60. The fraction of sp³-hybridized carbons (Fsp3) is 0.538. The van der Waals surface area contributed by atoms with Gasteiger partial charge in [0, 0.05) is 12.6 Å². The van der Waals surface area contributed by atoms with Crippen LogP contribution in [0.1, 0.15) is 37.4 Å². The maximum absolute atomic E-state index is 9.66. The number of aliphatic hydroxyl groups is 1. The first-order valence-corrected chi connectivity index (χ1v) is 5.60. The van der Waals surface area contributed by atoms with Crippen LogP contribution in [-0.2, 0) is 6.42 Å². The molecule has 1 aliphatic carbocycles. The average molecular weight is 205 g/mol. The van der Waals surface area contributed by atoms with E-state index in [-0.39, 0.29) is 0 Å². The summed E-state index contributed by atoms with van der Waals surface area (Å²) in [6.45, 7) is 4.31. The molecule has 2 heteroatoms. The second-order valence-corrected chi connectivity index (χ2v) is 4.98. The Morgan fingerprint density at radius 2 is 2.13 bits per heavy atom. The number of hydrogen-bond acceptors (Lipinski definition) is 2. The molecule has 0 saturated carbocycles. The van der Waals surface area contributed by atoms with Gasteiger partial charge in [-0.05, 0) is 37.8 Å². The van der Waals surface area contributed by atoms with E-state index in [1.54, 1.807) is 0 Å². The zero-order valence-electron chi connectivity index (χ0n) is 9.46. The van der Waals surface area contributed by atoms with E-state index >= 15 is 0 Å². The largest absolute Gasteiger partial charge is 0.389 e. The van der Waals surface area contributed by atoms with Gasteiger partial charge in [-0.1, -0.05) is 24.3 Å². The minimum absolute atomic E-state index is 0.424. The van der Waals surface area contributed by atoms with E-state index in [4.69, 9.17) is 0 Å². The number of nitrogens with one attached hydrogen (secondary N) is 1. The lowest BCUT2D eigenvalue weighted by Gasteiger charge is -2.21. The molecule has 0 aromatic heterocycles. The van der Waals surface area contributed by atoms with Crippen molar-refractivity contribution < 1.29 is 5.11 Å². The highest BCUT2D eigenvalue weighted by Gasteiger charge is 2.23. The Morgan fingerprint density at radius 1 is 1.40 bits per heavy atom. The molecule has 2 rings (SSSR count). The van der Waals surface area contributed by atoms with Crippen LogP contribution in [0.2, 0.25) is 0 Å². The van der Waals surface area contributed by atoms with Crippen LogP contribution in [-0.4, -0.2) is 17.3 Å². The van der Waals surface area contributed by atoms with Gasteiger partial charge in [0.05, 0.1) is 5.60 Å². The summed E-state index contributed by atoms with van der Waals surface area (Å²) in [5, 5.41) is 13.1. The zero-order valence-corrected chi connectivity index (χ0v) is 9.46. The minimum atomic E-state index is -0.627. The van der Waals surface area contributed by atoms with Gasteiger partial charge in [-0.15, -0.1) is 0 Å². The van der Waals surface area contributed by atoms with Gasteiger partial charge in [0.2, 0.25) is 0 Å². The van der Waals surface area contributed by atoms with Gasteiger partial charge in [0.1, 0.15) is 0 Å². The molecule has 1 atom stereocenters. The van der Waals surface area contributed by atoms with Crippen LogP contribution in [0.3, 0.4) is 0 Å². The Kier molecular flexibility index (Phi) is 2.81. The van der Waals surface area contributed by atoms with Crippen LogP contribution in [0.15, 0.2) is 24.3 Å². The van der Waals surface area contributed by atoms with Crippen molar-refractivity contribution in [2.75, 3.05) is 6.54 Å². The molecule has 15 heavy (non-hydrogen) atoms. The van der Waals surface area contributed by atoms with Crippen LogP contribution >= 0.6 is 0 Å². The summed E-state index contributed by atoms with van der Waals surface area (Å²) in [6.07, 6.45) is 2.30. The molecule has 0 unspecified atom stereocenters. The minimum Gasteiger partial charge on any atom is -0.389 e. The van der Waals surface area contributed by atoms with Crippen molar-refractivity contribution >= 4 is 0 Å². The van der Waals surface area contributed by atoms with Gasteiger partial charge in [0.25, 0.3) is 0 Å². The highest BCUT2D eigenvalue weighted by atomic mass is 16.3. The second-order valence-electron chi connectivity index (χ2n) is 4.98. The molecule has 0 fully saturated rings. The first kappa shape index (κ1) is 10.7. The fourth-order valence-corrected chi connectivity index (χ4v) is 2.14. The van der Waals surface area contributed by atoms with Crippen LogP contribution in [0.4, 0.5) is 0 Å². The third-order valence-corrected chi connectivity index (χ3v) is 2.91. The van der Waals surface area contributed by atoms with Crippen LogP contribution in [0.5, 0.6) is 0 Å². The van der Waals surface area contributed by atoms with E-state index in [9.17, 15) is 5.11 Å². The molecule has 1 aliphatic rings. The summed E-state index contributed by atoms with van der Waals surface area (Å²) >= 11 is 0. The summed E-state index contributed by atoms with van der Waals surface area (Å²) < 4.78 is 0. The summed E-state index contributed by atoms with van der Waals surface area (Å²) in [7, 11) is 0. The molecule has 0 aliphatic heterocycles. The maximum Gasteiger partial charge on any atom is 0.0715 e. The molecule has 0 saturated heterocycles. The van der Waals surface area contributed by atoms with Crippen molar-refractivity contribution in [1.82, 2.24) is 5.32 Å². The molecule has 2 N–H and O–H groups in total. The van der Waals surface area contributed by atoms with E-state index < -0.39 is 5.60 Å². The normalized spacial score (nSPS) is 20.3. The molecule has 2 nitrogen and oxygen atoms in total. The topological polar surface area (TPSA) is 32.3 Å². The van der Waals surface area contributed by atoms with Crippen LogP contribution in [0, 0.1) is 0 Å². The molecule has 0 spiro atoms. The SMILES string of the molecule is CC(C)(O)CN[C@H]1CCc2ccccc21. The second kappa shape index (κ2) is 3.95. The lowest BCUT2D eigenvalue weighted by Crippen LogP contribution is -2.36. The summed E-state index contributed by atoms with van der Waals surface area (Å²) in [4.78, 5) is 0. The van der Waals surface area contributed by atoms with Gasteiger partial charge in [-0.25, -0.2) is 0 Å². The van der Waals surface area contributed by atoms with Gasteiger partial charge < -0.3 is 10.4 Å². The van der Waals surface area contributed by atoms with E-state index in [0.29, 0.717) is 12.6 Å². The molecule has 82 valence electrons. The molecule has 0 heterocycles. The van der Waals surface area contributed by atoms with Gasteiger partial charge in [-0.2, -0.15) is 0 Å². The fourth-order valence-electron chi connectivity index (χ4n) is 2.14. The van der Waals surface area contributed by atoms with Crippen molar-refractivity contribution in [3.8, 4) is 0 Å². The van der Waals surface area contributed by atoms with E-state index in [1.807, 2.05) is 13.8 Å². The third-order valence-electron chi connectivity index (χ3n) is 2.91. The monoisotopic (exact) mass is 205 g/mol. The Hall–Kier alpha value is -0.860. The average Bonchev–Trinajstić information content (AvgIpc) is 2.57. The highest BCUT2D eigenvalue weighted by Crippen LogP contribution is 2.30. The van der Waals surface area contributed by atoms with Gasteiger partial charge >= 0.3 is 0 Å². The molecule has 0 bridgehead atoms. The molecule has 0 radical (unpaired) electrons. The molecular formula is C13H19NO. The molecular weight excluding hydrogens is 186 g/mol. The molecule has 0 amide bonds. The Balaban J connectivity index is 2.02. The zero-order chi connectivity index (χ0) is 10.9. The summed E-state index contributed by atoms with van der Waals surface area (Å²) in [5.41, 5.74) is 2.23. The number of aryl methyl sites for hydroxylation is 1. The highest BCUT2D eigenvalue weighted by molar-refractivity contribution is 5.34. The number of benzene rings is 1. The smallest absolute Gasteiger partial charge is 0.0715 e. The van der Waals surface area contributed by atoms with E-state index in [2.05, 4.69) is 29.6 Å². The van der Waals surface area contributed by atoms with Crippen molar-refractivity contribution in [2.45, 2.75) is 38.3 Å². The maximum atomic E-state index is 9.66. The summed E-state index contributed by atoms with van der Waals surface area (Å²) in [6, 6.07) is 8.98. The number of fused-ring (bicyclic) bond motifs is 1. The number of hydrogen-bond donors (Lipinski definition) is 2. The van der Waals surface area contributed by atoms with Crippen molar-refractivity contribution in [2.24, 2.45) is 0 Å². The van der Waals surface area contributed by atoms with Gasteiger partial charge in [-0.3, -0.25) is 0 Å². The van der Waals surface area contributed by atoms with E-state index in [1.165, 1.54) is 11.1 Å². The van der Waals surface area contributed by atoms with Gasteiger partial charge in [0.15, 0.2) is 0 Å². The predicted molar refractivity (Wildman–Crippen MR) is 61.8 cm³/mol. The van der Waals surface area contributed by atoms with Crippen molar-refractivity contribution in [3.05, 3.63) is 35.4 Å². The third kappa shape index (κ3) is 2.58. The molecule has 1 aromatic carbocycles. The predicted octanol–water partition coefficient (Wildman–Crippen LogP) is 2.03. The van der Waals surface area contributed by atoms with Crippen LogP contribution < -0.4 is 5.32 Å². The quantitative estimate of drug-likeness (QED) is 0.791. The first-order chi connectivity index (χ1) is 7.06.